The molecule has 0 heterocycles. The van der Waals surface area contributed by atoms with Gasteiger partial charge < -0.3 is 9.84 Å². The lowest BCUT2D eigenvalue weighted by Crippen LogP contribution is -2.09. The van der Waals surface area contributed by atoms with E-state index in [0.717, 1.165) is 30.6 Å². The smallest absolute Gasteiger partial charge is 0.119 e. The molecule has 0 amide bonds. The number of rotatable bonds is 2. The Kier molecular flexibility index (Phi) is 2.73. The number of hydrogen-bond acceptors (Lipinski definition) is 2. The maximum atomic E-state index is 9.80. The van der Waals surface area contributed by atoms with Gasteiger partial charge in [0.15, 0.2) is 0 Å². The molecule has 1 N–H and O–H groups in total. The van der Waals surface area contributed by atoms with Crippen LogP contribution < -0.4 is 4.74 Å². The van der Waals surface area contributed by atoms with Crippen molar-refractivity contribution >= 4 is 0 Å². The first kappa shape index (κ1) is 9.53. The first-order valence-corrected chi connectivity index (χ1v) is 5.25. The summed E-state index contributed by atoms with van der Waals surface area (Å²) in [5, 5.41) is 9.80. The molecule has 14 heavy (non-hydrogen) atoms. The Morgan fingerprint density at radius 1 is 1.50 bits per heavy atom. The molecule has 0 saturated heterocycles. The zero-order chi connectivity index (χ0) is 9.97. The zero-order valence-electron chi connectivity index (χ0n) is 8.49. The number of aliphatic hydroxyl groups excluding tert-OH is 1. The van der Waals surface area contributed by atoms with Gasteiger partial charge in [-0.25, -0.2) is 0 Å². The lowest BCUT2D eigenvalue weighted by Gasteiger charge is -2.21. The summed E-state index contributed by atoms with van der Waals surface area (Å²) in [7, 11) is 0. The topological polar surface area (TPSA) is 29.5 Å². The Hall–Kier alpha value is -1.02. The molecule has 76 valence electrons. The van der Waals surface area contributed by atoms with Crippen LogP contribution in [0.3, 0.4) is 0 Å². The van der Waals surface area contributed by atoms with Gasteiger partial charge in [0.2, 0.25) is 0 Å². The highest BCUT2D eigenvalue weighted by Crippen LogP contribution is 2.32. The molecule has 0 radical (unpaired) electrons. The van der Waals surface area contributed by atoms with Crippen molar-refractivity contribution in [3.63, 3.8) is 0 Å². The summed E-state index contributed by atoms with van der Waals surface area (Å²) in [5.74, 6) is 0.868. The molecule has 0 bridgehead atoms. The van der Waals surface area contributed by atoms with Crippen molar-refractivity contribution in [2.24, 2.45) is 0 Å². The van der Waals surface area contributed by atoms with Crippen LogP contribution in [0.15, 0.2) is 18.2 Å². The molecular formula is C12H16O2. The Bertz CT molecular complexity index is 320. The summed E-state index contributed by atoms with van der Waals surface area (Å²) in [5.41, 5.74) is 2.33. The largest absolute Gasteiger partial charge is 0.494 e. The highest BCUT2D eigenvalue weighted by Gasteiger charge is 2.17. The maximum absolute atomic E-state index is 9.80. The first-order chi connectivity index (χ1) is 6.81. The van der Waals surface area contributed by atoms with E-state index < -0.39 is 0 Å². The SMILES string of the molecule is CCOc1ccc2c(c1)[C@@H](O)CCC2. The van der Waals surface area contributed by atoms with E-state index in [1.807, 2.05) is 19.1 Å². The van der Waals surface area contributed by atoms with Gasteiger partial charge in [0, 0.05) is 0 Å². The molecule has 1 aliphatic rings. The van der Waals surface area contributed by atoms with Gasteiger partial charge in [-0.2, -0.15) is 0 Å². The van der Waals surface area contributed by atoms with Crippen LogP contribution in [0.2, 0.25) is 0 Å². The fourth-order valence-corrected chi connectivity index (χ4v) is 2.01. The Labute approximate surface area is 84.5 Å². The van der Waals surface area contributed by atoms with Crippen molar-refractivity contribution in [2.75, 3.05) is 6.61 Å². The number of benzene rings is 1. The van der Waals surface area contributed by atoms with E-state index in [4.69, 9.17) is 4.74 Å². The third-order valence-electron chi connectivity index (χ3n) is 2.71. The van der Waals surface area contributed by atoms with E-state index in [1.165, 1.54) is 5.56 Å². The summed E-state index contributed by atoms with van der Waals surface area (Å²) in [6.45, 7) is 2.64. The number of ether oxygens (including phenoxy) is 1. The van der Waals surface area contributed by atoms with Gasteiger partial charge >= 0.3 is 0 Å². The third-order valence-corrected chi connectivity index (χ3v) is 2.71. The maximum Gasteiger partial charge on any atom is 0.119 e. The Morgan fingerprint density at radius 3 is 3.14 bits per heavy atom. The van der Waals surface area contributed by atoms with Crippen molar-refractivity contribution < 1.29 is 9.84 Å². The van der Waals surface area contributed by atoms with Crippen LogP contribution in [0.5, 0.6) is 5.75 Å². The van der Waals surface area contributed by atoms with Gasteiger partial charge in [0.25, 0.3) is 0 Å². The van der Waals surface area contributed by atoms with Gasteiger partial charge in [-0.1, -0.05) is 6.07 Å². The molecule has 1 aromatic rings. The highest BCUT2D eigenvalue weighted by molar-refractivity contribution is 5.38. The molecule has 0 fully saturated rings. The Morgan fingerprint density at radius 2 is 2.36 bits per heavy atom. The standard InChI is InChI=1S/C12H16O2/c1-2-14-10-7-6-9-4-3-5-12(13)11(9)8-10/h6-8,12-13H,2-5H2,1H3/t12-/m0/s1. The minimum atomic E-state index is -0.292. The number of hydrogen-bond donors (Lipinski definition) is 1. The minimum absolute atomic E-state index is 0.292. The Balaban J connectivity index is 2.31. The zero-order valence-corrected chi connectivity index (χ0v) is 8.49. The monoisotopic (exact) mass is 192 g/mol. The van der Waals surface area contributed by atoms with E-state index in [1.54, 1.807) is 0 Å². The molecule has 0 aromatic heterocycles. The second-order valence-corrected chi connectivity index (χ2v) is 3.70. The van der Waals surface area contributed by atoms with E-state index in [-0.39, 0.29) is 6.10 Å². The van der Waals surface area contributed by atoms with Crippen LogP contribution in [0.1, 0.15) is 37.0 Å². The van der Waals surface area contributed by atoms with Gasteiger partial charge in [-0.3, -0.25) is 0 Å². The van der Waals surface area contributed by atoms with E-state index in [0.29, 0.717) is 6.61 Å². The average Bonchev–Trinajstić information content (AvgIpc) is 2.20. The quantitative estimate of drug-likeness (QED) is 0.780. The van der Waals surface area contributed by atoms with Crippen molar-refractivity contribution in [2.45, 2.75) is 32.3 Å². The molecule has 0 spiro atoms. The molecule has 1 atom stereocenters. The summed E-state index contributed by atoms with van der Waals surface area (Å²) in [6.07, 6.45) is 2.75. The molecule has 0 unspecified atom stereocenters. The van der Waals surface area contributed by atoms with Gasteiger partial charge in [0.05, 0.1) is 12.7 Å². The second-order valence-electron chi connectivity index (χ2n) is 3.70. The number of fused-ring (bicyclic) bond motifs is 1. The van der Waals surface area contributed by atoms with Crippen LogP contribution in [0.4, 0.5) is 0 Å². The third kappa shape index (κ3) is 1.75. The number of aryl methyl sites for hydroxylation is 1. The summed E-state index contributed by atoms with van der Waals surface area (Å²) < 4.78 is 5.41. The van der Waals surface area contributed by atoms with Crippen molar-refractivity contribution in [3.8, 4) is 5.75 Å². The van der Waals surface area contributed by atoms with Crippen LogP contribution >= 0.6 is 0 Å². The summed E-state index contributed by atoms with van der Waals surface area (Å²) in [4.78, 5) is 0. The predicted molar refractivity (Wildman–Crippen MR) is 55.5 cm³/mol. The molecule has 2 heteroatoms. The molecule has 0 aliphatic heterocycles. The van der Waals surface area contributed by atoms with Crippen LogP contribution in [-0.4, -0.2) is 11.7 Å². The lowest BCUT2D eigenvalue weighted by molar-refractivity contribution is 0.156. The fraction of sp³-hybridized carbons (Fsp3) is 0.500. The molecule has 2 rings (SSSR count). The van der Waals surface area contributed by atoms with E-state index in [9.17, 15) is 5.11 Å². The van der Waals surface area contributed by atoms with Crippen LogP contribution in [-0.2, 0) is 6.42 Å². The molecule has 1 aliphatic carbocycles. The van der Waals surface area contributed by atoms with Crippen molar-refractivity contribution in [1.82, 2.24) is 0 Å². The molecule has 0 saturated carbocycles. The van der Waals surface area contributed by atoms with E-state index in [2.05, 4.69) is 6.07 Å². The minimum Gasteiger partial charge on any atom is -0.494 e. The predicted octanol–water partition coefficient (Wildman–Crippen LogP) is 2.46. The van der Waals surface area contributed by atoms with Crippen molar-refractivity contribution in [3.05, 3.63) is 29.3 Å². The van der Waals surface area contributed by atoms with Crippen molar-refractivity contribution in [1.29, 1.82) is 0 Å². The molecular weight excluding hydrogens is 176 g/mol. The highest BCUT2D eigenvalue weighted by atomic mass is 16.5. The molecule has 2 nitrogen and oxygen atoms in total. The van der Waals surface area contributed by atoms with Crippen LogP contribution in [0.25, 0.3) is 0 Å². The first-order valence-electron chi connectivity index (χ1n) is 5.25. The van der Waals surface area contributed by atoms with Gasteiger partial charge in [-0.05, 0) is 49.4 Å². The normalized spacial score (nSPS) is 20.3. The second kappa shape index (κ2) is 4.01. The van der Waals surface area contributed by atoms with E-state index >= 15 is 0 Å². The van der Waals surface area contributed by atoms with Gasteiger partial charge in [0.1, 0.15) is 5.75 Å². The summed E-state index contributed by atoms with van der Waals surface area (Å²) >= 11 is 0. The fourth-order valence-electron chi connectivity index (χ4n) is 2.01. The number of aliphatic hydroxyl groups is 1. The molecule has 1 aromatic carbocycles. The average molecular weight is 192 g/mol. The van der Waals surface area contributed by atoms with Crippen LogP contribution in [0, 0.1) is 0 Å². The van der Waals surface area contributed by atoms with Gasteiger partial charge in [-0.15, -0.1) is 0 Å². The lowest BCUT2D eigenvalue weighted by atomic mass is 9.89. The summed E-state index contributed by atoms with van der Waals surface area (Å²) in [6, 6.07) is 6.03.